The fraction of sp³-hybridized carbons (Fsp3) is 0.588. The SMILES string of the molecule is Cl.O=C(CSCc1nc2sc3c(c2c(=O)[nH]1)CCC3)N[C@H]1CCCNC1. The van der Waals surface area contributed by atoms with Gasteiger partial charge in [-0.15, -0.1) is 35.5 Å². The molecule has 2 aliphatic rings. The molecule has 3 N–H and O–H groups in total. The highest BCUT2D eigenvalue weighted by Crippen LogP contribution is 2.34. The van der Waals surface area contributed by atoms with Gasteiger partial charge in [0, 0.05) is 17.5 Å². The molecule has 0 aromatic carbocycles. The van der Waals surface area contributed by atoms with Crippen LogP contribution in [0.25, 0.3) is 10.2 Å². The number of H-pyrrole nitrogens is 1. The van der Waals surface area contributed by atoms with Gasteiger partial charge in [-0.05, 0) is 44.2 Å². The summed E-state index contributed by atoms with van der Waals surface area (Å²) in [5, 5.41) is 7.14. The van der Waals surface area contributed by atoms with Crippen molar-refractivity contribution in [1.82, 2.24) is 20.6 Å². The largest absolute Gasteiger partial charge is 0.351 e. The maximum absolute atomic E-state index is 12.4. The third-order valence-corrected chi connectivity index (χ3v) is 6.89. The van der Waals surface area contributed by atoms with Crippen molar-refractivity contribution in [2.45, 2.75) is 43.9 Å². The van der Waals surface area contributed by atoms with E-state index >= 15 is 0 Å². The first kappa shape index (κ1) is 19.7. The van der Waals surface area contributed by atoms with Crippen LogP contribution in [0.1, 0.15) is 35.5 Å². The molecule has 9 heteroatoms. The van der Waals surface area contributed by atoms with Gasteiger partial charge < -0.3 is 15.6 Å². The third kappa shape index (κ3) is 4.24. The molecule has 142 valence electrons. The Kier molecular flexibility index (Phi) is 6.60. The van der Waals surface area contributed by atoms with Crippen LogP contribution < -0.4 is 16.2 Å². The maximum atomic E-state index is 12.4. The van der Waals surface area contributed by atoms with Gasteiger partial charge in [0.1, 0.15) is 10.7 Å². The van der Waals surface area contributed by atoms with Crippen molar-refractivity contribution in [2.24, 2.45) is 0 Å². The van der Waals surface area contributed by atoms with Crippen molar-refractivity contribution >= 4 is 51.6 Å². The summed E-state index contributed by atoms with van der Waals surface area (Å²) in [6, 6.07) is 0.240. The van der Waals surface area contributed by atoms with Crippen LogP contribution in [0.2, 0.25) is 0 Å². The van der Waals surface area contributed by atoms with Gasteiger partial charge in [0.2, 0.25) is 5.91 Å². The predicted octanol–water partition coefficient (Wildman–Crippen LogP) is 2.00. The van der Waals surface area contributed by atoms with Crippen molar-refractivity contribution in [3.05, 3.63) is 26.6 Å². The smallest absolute Gasteiger partial charge is 0.259 e. The van der Waals surface area contributed by atoms with Gasteiger partial charge in [-0.3, -0.25) is 9.59 Å². The first-order valence-corrected chi connectivity index (χ1v) is 10.8. The van der Waals surface area contributed by atoms with Crippen LogP contribution in [-0.2, 0) is 23.4 Å². The Morgan fingerprint density at radius 3 is 3.04 bits per heavy atom. The molecule has 0 radical (unpaired) electrons. The summed E-state index contributed by atoms with van der Waals surface area (Å²) < 4.78 is 0. The Labute approximate surface area is 166 Å². The fourth-order valence-corrected chi connectivity index (χ4v) is 5.58. The zero-order valence-corrected chi connectivity index (χ0v) is 16.9. The van der Waals surface area contributed by atoms with Gasteiger partial charge in [-0.2, -0.15) is 0 Å². The Hall–Kier alpha value is -1.09. The molecule has 26 heavy (non-hydrogen) atoms. The average Bonchev–Trinajstić information content (AvgIpc) is 3.16. The number of piperidine rings is 1. The van der Waals surface area contributed by atoms with E-state index in [1.54, 1.807) is 11.3 Å². The third-order valence-electron chi connectivity index (χ3n) is 4.76. The van der Waals surface area contributed by atoms with Crippen LogP contribution >= 0.6 is 35.5 Å². The van der Waals surface area contributed by atoms with E-state index < -0.39 is 0 Å². The molecular formula is C17H23ClN4O2S2. The summed E-state index contributed by atoms with van der Waals surface area (Å²) in [7, 11) is 0. The number of thiophene rings is 1. The van der Waals surface area contributed by atoms with Crippen molar-refractivity contribution in [1.29, 1.82) is 0 Å². The summed E-state index contributed by atoms with van der Waals surface area (Å²) >= 11 is 3.14. The van der Waals surface area contributed by atoms with E-state index in [2.05, 4.69) is 20.6 Å². The zero-order valence-electron chi connectivity index (χ0n) is 14.4. The number of hydrogen-bond acceptors (Lipinski definition) is 6. The Morgan fingerprint density at radius 2 is 2.23 bits per heavy atom. The topological polar surface area (TPSA) is 86.9 Å². The van der Waals surface area contributed by atoms with Crippen molar-refractivity contribution < 1.29 is 4.79 Å². The number of aromatic nitrogens is 2. The lowest BCUT2D eigenvalue weighted by Gasteiger charge is -2.23. The second kappa shape index (κ2) is 8.73. The Morgan fingerprint density at radius 1 is 1.35 bits per heavy atom. The minimum absolute atomic E-state index is 0. The monoisotopic (exact) mass is 414 g/mol. The van der Waals surface area contributed by atoms with Gasteiger partial charge >= 0.3 is 0 Å². The van der Waals surface area contributed by atoms with Gasteiger partial charge in [0.25, 0.3) is 5.56 Å². The van der Waals surface area contributed by atoms with E-state index in [1.807, 2.05) is 0 Å². The molecule has 4 rings (SSSR count). The first-order valence-electron chi connectivity index (χ1n) is 8.82. The number of amides is 1. The van der Waals surface area contributed by atoms with Crippen LogP contribution in [0, 0.1) is 0 Å². The molecule has 1 amide bonds. The quantitative estimate of drug-likeness (QED) is 0.696. The molecule has 0 bridgehead atoms. The Bertz CT molecular complexity index is 845. The van der Waals surface area contributed by atoms with E-state index in [0.29, 0.717) is 17.3 Å². The number of aromatic amines is 1. The van der Waals surface area contributed by atoms with Crippen molar-refractivity contribution in [2.75, 3.05) is 18.8 Å². The molecule has 2 aromatic heterocycles. The van der Waals surface area contributed by atoms with Crippen LogP contribution in [0.15, 0.2) is 4.79 Å². The van der Waals surface area contributed by atoms with Crippen molar-refractivity contribution in [3.8, 4) is 0 Å². The standard InChI is InChI=1S/C17H22N4O2S2.ClH/c22-14(19-10-3-2-6-18-7-10)9-24-8-13-20-16(23)15-11-4-1-5-12(11)25-17(15)21-13;/h10,18H,1-9H2,(H,19,22)(H,20,21,23);1H/t10-;/m0./s1. The molecule has 3 heterocycles. The van der Waals surface area contributed by atoms with E-state index in [4.69, 9.17) is 0 Å². The van der Waals surface area contributed by atoms with Crippen LogP contribution in [0.4, 0.5) is 0 Å². The van der Waals surface area contributed by atoms with Gasteiger partial charge in [-0.1, -0.05) is 0 Å². The van der Waals surface area contributed by atoms with E-state index in [9.17, 15) is 9.59 Å². The molecule has 1 atom stereocenters. The number of halogens is 1. The minimum atomic E-state index is -0.0299. The molecule has 2 aromatic rings. The summed E-state index contributed by atoms with van der Waals surface area (Å²) in [4.78, 5) is 34.1. The first-order chi connectivity index (χ1) is 12.2. The molecule has 0 unspecified atom stereocenters. The second-order valence-corrected chi connectivity index (χ2v) is 8.72. The second-order valence-electron chi connectivity index (χ2n) is 6.65. The van der Waals surface area contributed by atoms with Gasteiger partial charge in [0.15, 0.2) is 0 Å². The fourth-order valence-electron chi connectivity index (χ4n) is 3.60. The summed E-state index contributed by atoms with van der Waals surface area (Å²) in [5.41, 5.74) is 1.17. The molecule has 1 saturated heterocycles. The number of rotatable bonds is 5. The molecule has 6 nitrogen and oxygen atoms in total. The van der Waals surface area contributed by atoms with Gasteiger partial charge in [0.05, 0.1) is 16.9 Å². The van der Waals surface area contributed by atoms with Crippen LogP contribution in [-0.4, -0.2) is 40.8 Å². The summed E-state index contributed by atoms with van der Waals surface area (Å²) in [6.07, 6.45) is 5.34. The van der Waals surface area contributed by atoms with Crippen LogP contribution in [0.3, 0.4) is 0 Å². The highest BCUT2D eigenvalue weighted by molar-refractivity contribution is 7.99. The highest BCUT2D eigenvalue weighted by atomic mass is 35.5. The number of hydrogen-bond donors (Lipinski definition) is 3. The number of thioether (sulfide) groups is 1. The molecule has 0 spiro atoms. The maximum Gasteiger partial charge on any atom is 0.259 e. The van der Waals surface area contributed by atoms with Gasteiger partial charge in [-0.25, -0.2) is 4.98 Å². The van der Waals surface area contributed by atoms with Crippen LogP contribution in [0.5, 0.6) is 0 Å². The lowest BCUT2D eigenvalue weighted by Crippen LogP contribution is -2.46. The summed E-state index contributed by atoms with van der Waals surface area (Å²) in [5.74, 6) is 1.65. The molecule has 1 fully saturated rings. The Balaban J connectivity index is 0.00000196. The zero-order chi connectivity index (χ0) is 17.2. The molecular weight excluding hydrogens is 392 g/mol. The minimum Gasteiger partial charge on any atom is -0.351 e. The van der Waals surface area contributed by atoms with E-state index in [0.717, 1.165) is 55.4 Å². The normalized spacial score (nSPS) is 19.2. The van der Waals surface area contributed by atoms with E-state index in [-0.39, 0.29) is 29.9 Å². The predicted molar refractivity (Wildman–Crippen MR) is 110 cm³/mol. The number of carbonyl (C=O) groups is 1. The lowest BCUT2D eigenvalue weighted by molar-refractivity contribution is -0.119. The number of fused-ring (bicyclic) bond motifs is 3. The molecule has 1 aliphatic carbocycles. The average molecular weight is 415 g/mol. The van der Waals surface area contributed by atoms with E-state index in [1.165, 1.54) is 22.2 Å². The number of nitrogens with zero attached hydrogens (tertiary/aromatic N) is 1. The molecule has 0 saturated carbocycles. The number of nitrogens with one attached hydrogen (secondary N) is 3. The summed E-state index contributed by atoms with van der Waals surface area (Å²) in [6.45, 7) is 1.89. The highest BCUT2D eigenvalue weighted by Gasteiger charge is 2.21. The lowest BCUT2D eigenvalue weighted by atomic mass is 10.1. The number of aryl methyl sites for hydroxylation is 2. The van der Waals surface area contributed by atoms with Crippen molar-refractivity contribution in [3.63, 3.8) is 0 Å². The molecule has 1 aliphatic heterocycles. The number of carbonyl (C=O) groups excluding carboxylic acids is 1.